The van der Waals surface area contributed by atoms with E-state index in [1.54, 1.807) is 0 Å². The molecule has 2 aromatic rings. The Hall–Kier alpha value is -1.61. The molecular weight excluding hydrogens is 210 g/mol. The van der Waals surface area contributed by atoms with Gasteiger partial charge < -0.3 is 10.3 Å². The van der Waals surface area contributed by atoms with E-state index in [0.29, 0.717) is 6.54 Å². The fourth-order valence-corrected chi connectivity index (χ4v) is 1.97. The Kier molecular flexibility index (Phi) is 3.59. The number of rotatable bonds is 4. The van der Waals surface area contributed by atoms with Crippen molar-refractivity contribution in [1.29, 1.82) is 0 Å². The molecule has 0 aliphatic carbocycles. The summed E-state index contributed by atoms with van der Waals surface area (Å²) < 4.78 is 2.19. The Bertz CT molecular complexity index is 500. The molecule has 0 aliphatic heterocycles. The molecule has 17 heavy (non-hydrogen) atoms. The van der Waals surface area contributed by atoms with Crippen LogP contribution in [0.25, 0.3) is 0 Å². The third kappa shape index (κ3) is 2.74. The van der Waals surface area contributed by atoms with Crippen molar-refractivity contribution in [2.75, 3.05) is 6.54 Å². The quantitative estimate of drug-likeness (QED) is 0.872. The average molecular weight is 229 g/mol. The van der Waals surface area contributed by atoms with Gasteiger partial charge in [-0.1, -0.05) is 24.3 Å². The van der Waals surface area contributed by atoms with Gasteiger partial charge in [-0.3, -0.25) is 0 Å². The lowest BCUT2D eigenvalue weighted by molar-refractivity contribution is 0.757. The van der Waals surface area contributed by atoms with E-state index < -0.39 is 0 Å². The molecule has 1 aromatic carbocycles. The smallest absolute Gasteiger partial charge is 0.106 e. The molecular formula is C14H19N3. The molecule has 0 saturated carbocycles. The van der Waals surface area contributed by atoms with E-state index in [-0.39, 0.29) is 0 Å². The largest absolute Gasteiger partial charge is 0.330 e. The molecule has 0 aliphatic rings. The van der Waals surface area contributed by atoms with Gasteiger partial charge in [0.15, 0.2) is 0 Å². The van der Waals surface area contributed by atoms with Crippen LogP contribution < -0.4 is 5.73 Å². The minimum atomic E-state index is 0.654. The van der Waals surface area contributed by atoms with Gasteiger partial charge in [0.2, 0.25) is 0 Å². The second-order valence-corrected chi connectivity index (χ2v) is 4.37. The van der Waals surface area contributed by atoms with Crippen LogP contribution in [0.2, 0.25) is 0 Å². The summed E-state index contributed by atoms with van der Waals surface area (Å²) in [5.41, 5.74) is 9.29. The molecule has 2 N–H and O–H groups in total. The first-order valence-corrected chi connectivity index (χ1v) is 5.98. The standard InChI is InChI=1S/C14H19N3/c1-11-5-3-4-6-13(11)9-17-10-14(7-8-15)16-12(17)2/h3-6,10H,7-9,15H2,1-2H3. The fraction of sp³-hybridized carbons (Fsp3) is 0.357. The summed E-state index contributed by atoms with van der Waals surface area (Å²) in [5.74, 6) is 1.05. The minimum Gasteiger partial charge on any atom is -0.330 e. The molecule has 0 fully saturated rings. The van der Waals surface area contributed by atoms with E-state index in [4.69, 9.17) is 5.73 Å². The summed E-state index contributed by atoms with van der Waals surface area (Å²) in [6.07, 6.45) is 2.95. The first-order valence-electron chi connectivity index (χ1n) is 5.98. The zero-order chi connectivity index (χ0) is 12.3. The molecule has 0 radical (unpaired) electrons. The molecule has 0 bridgehead atoms. The van der Waals surface area contributed by atoms with Gasteiger partial charge in [-0.15, -0.1) is 0 Å². The highest BCUT2D eigenvalue weighted by molar-refractivity contribution is 5.26. The topological polar surface area (TPSA) is 43.8 Å². The van der Waals surface area contributed by atoms with Gasteiger partial charge in [-0.2, -0.15) is 0 Å². The Balaban J connectivity index is 2.21. The maximum Gasteiger partial charge on any atom is 0.106 e. The van der Waals surface area contributed by atoms with Gasteiger partial charge in [0.05, 0.1) is 5.69 Å². The number of aryl methyl sites for hydroxylation is 2. The molecule has 3 nitrogen and oxygen atoms in total. The van der Waals surface area contributed by atoms with E-state index in [2.05, 4.69) is 46.9 Å². The van der Waals surface area contributed by atoms with Crippen molar-refractivity contribution in [3.05, 3.63) is 53.1 Å². The normalized spacial score (nSPS) is 10.8. The van der Waals surface area contributed by atoms with Gasteiger partial charge in [0.1, 0.15) is 5.82 Å². The predicted molar refractivity (Wildman–Crippen MR) is 70.0 cm³/mol. The molecule has 1 heterocycles. The highest BCUT2D eigenvalue weighted by Crippen LogP contribution is 2.11. The monoisotopic (exact) mass is 229 g/mol. The van der Waals surface area contributed by atoms with Gasteiger partial charge in [-0.05, 0) is 31.5 Å². The molecule has 1 aromatic heterocycles. The first kappa shape index (κ1) is 11.9. The second-order valence-electron chi connectivity index (χ2n) is 4.37. The van der Waals surface area contributed by atoms with Gasteiger partial charge in [0.25, 0.3) is 0 Å². The molecule has 3 heteroatoms. The van der Waals surface area contributed by atoms with Crippen LogP contribution in [0.15, 0.2) is 30.5 Å². The van der Waals surface area contributed by atoms with Crippen molar-refractivity contribution in [1.82, 2.24) is 9.55 Å². The third-order valence-corrected chi connectivity index (χ3v) is 3.03. The molecule has 0 spiro atoms. The van der Waals surface area contributed by atoms with Crippen molar-refractivity contribution in [2.45, 2.75) is 26.8 Å². The molecule has 2 rings (SSSR count). The number of hydrogen-bond acceptors (Lipinski definition) is 2. The van der Waals surface area contributed by atoms with E-state index in [1.165, 1.54) is 11.1 Å². The van der Waals surface area contributed by atoms with Crippen LogP contribution in [0.5, 0.6) is 0 Å². The minimum absolute atomic E-state index is 0.654. The average Bonchev–Trinajstić information content (AvgIpc) is 2.63. The Morgan fingerprint density at radius 1 is 1.24 bits per heavy atom. The number of nitrogens with zero attached hydrogens (tertiary/aromatic N) is 2. The summed E-state index contributed by atoms with van der Waals surface area (Å²) in [5, 5.41) is 0. The first-order chi connectivity index (χ1) is 8.20. The second kappa shape index (κ2) is 5.15. The van der Waals surface area contributed by atoms with Crippen LogP contribution >= 0.6 is 0 Å². The number of aromatic nitrogens is 2. The van der Waals surface area contributed by atoms with Crippen molar-refractivity contribution in [2.24, 2.45) is 5.73 Å². The highest BCUT2D eigenvalue weighted by Gasteiger charge is 2.05. The van der Waals surface area contributed by atoms with Crippen molar-refractivity contribution >= 4 is 0 Å². The zero-order valence-corrected chi connectivity index (χ0v) is 10.5. The predicted octanol–water partition coefficient (Wildman–Crippen LogP) is 2.05. The molecule has 0 atom stereocenters. The summed E-state index contributed by atoms with van der Waals surface area (Å²) in [6, 6.07) is 8.45. The Morgan fingerprint density at radius 2 is 2.00 bits per heavy atom. The summed E-state index contributed by atoms with van der Waals surface area (Å²) in [4.78, 5) is 4.51. The van der Waals surface area contributed by atoms with Gasteiger partial charge in [-0.25, -0.2) is 4.98 Å². The van der Waals surface area contributed by atoms with E-state index in [1.807, 2.05) is 6.92 Å². The molecule has 0 unspecified atom stereocenters. The third-order valence-electron chi connectivity index (χ3n) is 3.03. The van der Waals surface area contributed by atoms with Crippen LogP contribution in [-0.2, 0) is 13.0 Å². The van der Waals surface area contributed by atoms with Crippen molar-refractivity contribution in [3.8, 4) is 0 Å². The Labute approximate surface area is 102 Å². The van der Waals surface area contributed by atoms with Crippen LogP contribution in [0.1, 0.15) is 22.6 Å². The molecule has 90 valence electrons. The Morgan fingerprint density at radius 3 is 2.71 bits per heavy atom. The summed E-state index contributed by atoms with van der Waals surface area (Å²) in [6.45, 7) is 5.72. The highest BCUT2D eigenvalue weighted by atomic mass is 15.1. The number of hydrogen-bond donors (Lipinski definition) is 1. The van der Waals surface area contributed by atoms with E-state index in [9.17, 15) is 0 Å². The SMILES string of the molecule is Cc1ccccc1Cn1cc(CCN)nc1C. The molecule has 0 amide bonds. The van der Waals surface area contributed by atoms with Gasteiger partial charge in [0, 0.05) is 19.2 Å². The lowest BCUT2D eigenvalue weighted by atomic mass is 10.1. The van der Waals surface area contributed by atoms with Crippen LogP contribution in [0.3, 0.4) is 0 Å². The van der Waals surface area contributed by atoms with Crippen LogP contribution in [0, 0.1) is 13.8 Å². The van der Waals surface area contributed by atoms with Crippen molar-refractivity contribution < 1.29 is 0 Å². The molecule has 0 saturated heterocycles. The van der Waals surface area contributed by atoms with Crippen LogP contribution in [-0.4, -0.2) is 16.1 Å². The number of imidazole rings is 1. The summed E-state index contributed by atoms with van der Waals surface area (Å²) in [7, 11) is 0. The maximum atomic E-state index is 5.55. The number of benzene rings is 1. The van der Waals surface area contributed by atoms with E-state index >= 15 is 0 Å². The lowest BCUT2D eigenvalue weighted by Crippen LogP contribution is -2.03. The zero-order valence-electron chi connectivity index (χ0n) is 10.5. The summed E-state index contributed by atoms with van der Waals surface area (Å²) >= 11 is 0. The number of nitrogens with two attached hydrogens (primary N) is 1. The van der Waals surface area contributed by atoms with Crippen LogP contribution in [0.4, 0.5) is 0 Å². The van der Waals surface area contributed by atoms with Crippen molar-refractivity contribution in [3.63, 3.8) is 0 Å². The fourth-order valence-electron chi connectivity index (χ4n) is 1.97. The van der Waals surface area contributed by atoms with Gasteiger partial charge >= 0.3 is 0 Å². The van der Waals surface area contributed by atoms with E-state index in [0.717, 1.165) is 24.5 Å². The lowest BCUT2D eigenvalue weighted by Gasteiger charge is -2.07. The maximum absolute atomic E-state index is 5.55.